The topological polar surface area (TPSA) is 80.2 Å². The van der Waals surface area contributed by atoms with Gasteiger partial charge in [0.25, 0.3) is 0 Å². The molecular formula is C27H26FN3O4S. The van der Waals surface area contributed by atoms with Crippen molar-refractivity contribution in [2.75, 3.05) is 26.1 Å². The first kappa shape index (κ1) is 25.2. The second-order valence-electron chi connectivity index (χ2n) is 8.02. The Kier molecular flexibility index (Phi) is 8.22. The number of ether oxygens (including phenoxy) is 2. The van der Waals surface area contributed by atoms with Crippen molar-refractivity contribution >= 4 is 40.1 Å². The second kappa shape index (κ2) is 11.7. The molecule has 0 radical (unpaired) electrons. The first-order valence-corrected chi connectivity index (χ1v) is 12.2. The Labute approximate surface area is 213 Å². The molecule has 1 atom stereocenters. The fourth-order valence-corrected chi connectivity index (χ4v) is 4.76. The second-order valence-corrected chi connectivity index (χ2v) is 9.19. The van der Waals surface area contributed by atoms with Gasteiger partial charge in [-0.3, -0.25) is 14.5 Å². The molecule has 3 aromatic carbocycles. The Morgan fingerprint density at radius 1 is 1.03 bits per heavy atom. The van der Waals surface area contributed by atoms with Gasteiger partial charge in [-0.1, -0.05) is 36.0 Å². The van der Waals surface area contributed by atoms with E-state index < -0.39 is 17.0 Å². The van der Waals surface area contributed by atoms with Gasteiger partial charge < -0.3 is 14.8 Å². The molecule has 7 nitrogen and oxygen atoms in total. The van der Waals surface area contributed by atoms with Gasteiger partial charge in [0.15, 0.2) is 5.17 Å². The lowest BCUT2D eigenvalue weighted by Gasteiger charge is -2.32. The molecule has 1 aliphatic heterocycles. The van der Waals surface area contributed by atoms with Crippen molar-refractivity contribution in [3.63, 3.8) is 0 Å². The summed E-state index contributed by atoms with van der Waals surface area (Å²) in [5.41, 5.74) is 1.73. The van der Waals surface area contributed by atoms with Gasteiger partial charge in [0, 0.05) is 13.0 Å². The minimum Gasteiger partial charge on any atom is -0.497 e. The third-order valence-corrected chi connectivity index (χ3v) is 6.83. The van der Waals surface area contributed by atoms with Crippen LogP contribution in [0.1, 0.15) is 12.0 Å². The number of carbonyl (C=O) groups excluding carboxylic acids is 2. The number of hydrogen-bond donors (Lipinski definition) is 1. The van der Waals surface area contributed by atoms with E-state index in [2.05, 4.69) is 10.3 Å². The highest BCUT2D eigenvalue weighted by Gasteiger charge is 2.36. The number of para-hydroxylation sites is 1. The zero-order chi connectivity index (χ0) is 25.5. The normalized spacial score (nSPS) is 16.6. The van der Waals surface area contributed by atoms with Gasteiger partial charge in [-0.2, -0.15) is 0 Å². The van der Waals surface area contributed by atoms with Gasteiger partial charge in [-0.05, 0) is 60.5 Å². The zero-order valence-electron chi connectivity index (χ0n) is 19.9. The van der Waals surface area contributed by atoms with Crippen LogP contribution in [0.25, 0.3) is 0 Å². The van der Waals surface area contributed by atoms with E-state index in [-0.39, 0.29) is 18.0 Å². The maximum absolute atomic E-state index is 14.1. The summed E-state index contributed by atoms with van der Waals surface area (Å²) in [6, 6.07) is 20.7. The molecule has 1 saturated heterocycles. The predicted octanol–water partition coefficient (Wildman–Crippen LogP) is 5.05. The average molecular weight is 508 g/mol. The first-order valence-electron chi connectivity index (χ1n) is 11.3. The summed E-state index contributed by atoms with van der Waals surface area (Å²) in [5.74, 6) is 0.240. The fraction of sp³-hybridized carbons (Fsp3) is 0.222. The molecule has 1 fully saturated rings. The minimum absolute atomic E-state index is 0.0187. The summed E-state index contributed by atoms with van der Waals surface area (Å²) in [6.07, 6.45) is 0.583. The van der Waals surface area contributed by atoms with E-state index in [1.807, 2.05) is 24.3 Å². The Hall–Kier alpha value is -3.85. The van der Waals surface area contributed by atoms with Crippen molar-refractivity contribution in [3.05, 3.63) is 84.2 Å². The SMILES string of the molecule is COc1ccc(CCN2C(=O)CC(C(=O)Nc3ccccc3F)SC2=Nc2ccc(OC)cc2)cc1. The number of carbonyl (C=O) groups is 2. The van der Waals surface area contributed by atoms with E-state index in [0.29, 0.717) is 29.6 Å². The Bertz CT molecular complexity index is 1250. The van der Waals surface area contributed by atoms with E-state index in [0.717, 1.165) is 11.3 Å². The molecule has 0 aromatic heterocycles. The molecule has 1 aliphatic rings. The van der Waals surface area contributed by atoms with Crippen LogP contribution in [0.4, 0.5) is 15.8 Å². The molecule has 0 bridgehead atoms. The number of amides is 2. The third-order valence-electron chi connectivity index (χ3n) is 5.64. The Morgan fingerprint density at radius 3 is 2.31 bits per heavy atom. The number of rotatable bonds is 8. The molecule has 186 valence electrons. The first-order chi connectivity index (χ1) is 17.5. The van der Waals surface area contributed by atoms with E-state index in [1.165, 1.54) is 23.9 Å². The number of nitrogens with zero attached hydrogens (tertiary/aromatic N) is 2. The van der Waals surface area contributed by atoms with Crippen LogP contribution in [0.5, 0.6) is 11.5 Å². The van der Waals surface area contributed by atoms with Crippen molar-refractivity contribution < 1.29 is 23.5 Å². The maximum atomic E-state index is 14.1. The third kappa shape index (κ3) is 6.23. The number of amidine groups is 1. The van der Waals surface area contributed by atoms with Crippen LogP contribution in [0, 0.1) is 5.82 Å². The molecule has 3 aromatic rings. The lowest BCUT2D eigenvalue weighted by Crippen LogP contribution is -2.46. The molecule has 0 spiro atoms. The number of thioether (sulfide) groups is 1. The standard InChI is InChI=1S/C27H26FN3O4S/c1-34-20-11-7-18(8-12-20)15-16-31-25(32)17-24(26(33)30-23-6-4-3-5-22(23)28)36-27(31)29-19-9-13-21(35-2)14-10-19/h3-14,24H,15-17H2,1-2H3,(H,30,33). The summed E-state index contributed by atoms with van der Waals surface area (Å²) < 4.78 is 24.5. The molecule has 0 saturated carbocycles. The molecule has 2 amide bonds. The summed E-state index contributed by atoms with van der Waals surface area (Å²) >= 11 is 1.19. The molecule has 1 unspecified atom stereocenters. The van der Waals surface area contributed by atoms with E-state index >= 15 is 0 Å². The Morgan fingerprint density at radius 2 is 1.67 bits per heavy atom. The molecule has 4 rings (SSSR count). The average Bonchev–Trinajstić information content (AvgIpc) is 2.90. The van der Waals surface area contributed by atoms with Gasteiger partial charge in [0.1, 0.15) is 22.6 Å². The molecular weight excluding hydrogens is 481 g/mol. The van der Waals surface area contributed by atoms with E-state index in [9.17, 15) is 14.0 Å². The van der Waals surface area contributed by atoms with Crippen LogP contribution in [-0.2, 0) is 16.0 Å². The maximum Gasteiger partial charge on any atom is 0.238 e. The monoisotopic (exact) mass is 507 g/mol. The number of hydrogen-bond acceptors (Lipinski definition) is 6. The molecule has 1 heterocycles. The number of benzene rings is 3. The summed E-state index contributed by atoms with van der Waals surface area (Å²) in [6.45, 7) is 0.398. The highest BCUT2D eigenvalue weighted by atomic mass is 32.2. The minimum atomic E-state index is -0.744. The van der Waals surface area contributed by atoms with E-state index in [1.54, 1.807) is 55.5 Å². The molecule has 1 N–H and O–H groups in total. The van der Waals surface area contributed by atoms with Crippen molar-refractivity contribution in [2.24, 2.45) is 4.99 Å². The lowest BCUT2D eigenvalue weighted by atomic mass is 10.1. The van der Waals surface area contributed by atoms with Crippen LogP contribution in [-0.4, -0.2) is 47.9 Å². The van der Waals surface area contributed by atoms with Gasteiger partial charge in [0.2, 0.25) is 11.8 Å². The zero-order valence-corrected chi connectivity index (χ0v) is 20.8. The largest absolute Gasteiger partial charge is 0.497 e. The molecule has 0 aliphatic carbocycles. The highest BCUT2D eigenvalue weighted by molar-refractivity contribution is 8.15. The van der Waals surface area contributed by atoms with Crippen LogP contribution in [0.2, 0.25) is 0 Å². The number of halogens is 1. The van der Waals surface area contributed by atoms with Crippen LogP contribution in [0.15, 0.2) is 77.8 Å². The van der Waals surface area contributed by atoms with Gasteiger partial charge in [-0.15, -0.1) is 0 Å². The van der Waals surface area contributed by atoms with Crippen LogP contribution < -0.4 is 14.8 Å². The van der Waals surface area contributed by atoms with Crippen molar-refractivity contribution in [1.29, 1.82) is 0 Å². The summed E-state index contributed by atoms with van der Waals surface area (Å²) in [5, 5.41) is 2.27. The quantitative estimate of drug-likeness (QED) is 0.462. The number of methoxy groups -OCH3 is 2. The van der Waals surface area contributed by atoms with Crippen LogP contribution in [0.3, 0.4) is 0 Å². The van der Waals surface area contributed by atoms with E-state index in [4.69, 9.17) is 9.47 Å². The summed E-state index contributed by atoms with van der Waals surface area (Å²) in [4.78, 5) is 32.4. The van der Waals surface area contributed by atoms with Gasteiger partial charge in [0.05, 0.1) is 25.6 Å². The Balaban J connectivity index is 1.55. The molecule has 36 heavy (non-hydrogen) atoms. The number of anilines is 1. The van der Waals surface area contributed by atoms with Crippen molar-refractivity contribution in [2.45, 2.75) is 18.1 Å². The van der Waals surface area contributed by atoms with Crippen LogP contribution >= 0.6 is 11.8 Å². The highest BCUT2D eigenvalue weighted by Crippen LogP contribution is 2.31. The van der Waals surface area contributed by atoms with Crippen molar-refractivity contribution in [1.82, 2.24) is 4.90 Å². The fourth-order valence-electron chi connectivity index (χ4n) is 3.64. The van der Waals surface area contributed by atoms with Gasteiger partial charge in [-0.25, -0.2) is 9.38 Å². The van der Waals surface area contributed by atoms with Crippen molar-refractivity contribution in [3.8, 4) is 11.5 Å². The number of nitrogens with one attached hydrogen (secondary N) is 1. The lowest BCUT2D eigenvalue weighted by molar-refractivity contribution is -0.129. The smallest absolute Gasteiger partial charge is 0.238 e. The van der Waals surface area contributed by atoms with Gasteiger partial charge >= 0.3 is 0 Å². The predicted molar refractivity (Wildman–Crippen MR) is 140 cm³/mol. The summed E-state index contributed by atoms with van der Waals surface area (Å²) in [7, 11) is 3.19. The molecule has 9 heteroatoms. The number of aliphatic imine (C=N–C) groups is 1.